The highest BCUT2D eigenvalue weighted by atomic mass is 16.2. The summed E-state index contributed by atoms with van der Waals surface area (Å²) in [6, 6.07) is -6.61. The third kappa shape index (κ3) is 15.9. The summed E-state index contributed by atoms with van der Waals surface area (Å²) in [4.78, 5) is 177. The van der Waals surface area contributed by atoms with Gasteiger partial charge in [-0.2, -0.15) is 0 Å². The van der Waals surface area contributed by atoms with Crippen molar-refractivity contribution in [2.24, 2.45) is 55.2 Å². The maximum Gasteiger partial charge on any atom is 0.289 e. The molecule has 0 aromatic rings. The second-order valence-corrected chi connectivity index (χ2v) is 40.6. The Morgan fingerprint density at radius 3 is 1.02 bits per heavy atom. The quantitative estimate of drug-likeness (QED) is 0.0340. The Morgan fingerprint density at radius 2 is 0.730 bits per heavy atom. The molecule has 8 N–H and O–H groups in total. The molecule has 618 valence electrons. The average molecular weight is 1540 g/mol. The highest BCUT2D eigenvalue weighted by molar-refractivity contribution is 6.39. The molecule has 0 aromatic carbocycles. The van der Waals surface area contributed by atoms with Crippen LogP contribution in [0.2, 0.25) is 0 Å². The van der Waals surface area contributed by atoms with Gasteiger partial charge in [-0.15, -0.1) is 0 Å². The maximum atomic E-state index is 15.2. The summed E-state index contributed by atoms with van der Waals surface area (Å²) >= 11 is 0. The van der Waals surface area contributed by atoms with Crippen molar-refractivity contribution in [3.63, 3.8) is 0 Å². The number of hydrogen-bond donors (Lipinski definition) is 8. The van der Waals surface area contributed by atoms with E-state index in [1.165, 1.54) is 6.42 Å². The molecule has 14 aliphatic rings. The minimum Gasteiger partial charge on any atom is -0.347 e. The van der Waals surface area contributed by atoms with Gasteiger partial charge in [-0.25, -0.2) is 0 Å². The number of fused-ring (bicyclic) bond motifs is 2. The number of Topliss-reactive ketones (excluding diaryl/α,β-unsaturated/α-hetero) is 2. The zero-order valence-electron chi connectivity index (χ0n) is 69.5. The van der Waals surface area contributed by atoms with Gasteiger partial charge in [0, 0.05) is 48.1 Å². The van der Waals surface area contributed by atoms with Crippen molar-refractivity contribution >= 4 is 70.6 Å². The second-order valence-electron chi connectivity index (χ2n) is 40.6. The molecule has 10 saturated carbocycles. The Balaban J connectivity index is 0.000000195. The summed E-state index contributed by atoms with van der Waals surface area (Å²) in [6.07, 6.45) is 31.4. The smallest absolute Gasteiger partial charge is 0.289 e. The third-order valence-corrected chi connectivity index (χ3v) is 31.4. The maximum absolute atomic E-state index is 15.2. The van der Waals surface area contributed by atoms with Crippen molar-refractivity contribution < 1.29 is 57.5 Å². The Bertz CT molecular complexity index is 3550. The number of nitrogens with one attached hydrogen (secondary N) is 8. The lowest BCUT2D eigenvalue weighted by atomic mass is 9.73. The van der Waals surface area contributed by atoms with Gasteiger partial charge >= 0.3 is 0 Å². The van der Waals surface area contributed by atoms with E-state index in [9.17, 15) is 47.9 Å². The Hall–Kier alpha value is -6.04. The first-order valence-electron chi connectivity index (χ1n) is 44.2. The summed E-state index contributed by atoms with van der Waals surface area (Å²) in [5.41, 5.74) is -2.03. The van der Waals surface area contributed by atoms with E-state index in [1.807, 2.05) is 55.4 Å². The van der Waals surface area contributed by atoms with Crippen LogP contribution in [0.3, 0.4) is 0 Å². The molecular formula is C87H138N12O12. The molecule has 111 heavy (non-hydrogen) atoms. The number of rotatable bonds is 28. The van der Waals surface area contributed by atoms with Gasteiger partial charge in [-0.3, -0.25) is 67.3 Å². The topological polar surface area (TPSA) is 314 Å². The van der Waals surface area contributed by atoms with E-state index in [2.05, 4.69) is 80.0 Å². The first-order chi connectivity index (χ1) is 52.6. The zero-order valence-corrected chi connectivity index (χ0v) is 69.5. The van der Waals surface area contributed by atoms with Crippen LogP contribution < -0.4 is 42.5 Å². The van der Waals surface area contributed by atoms with Gasteiger partial charge in [0.05, 0.1) is 24.2 Å². The van der Waals surface area contributed by atoms with Gasteiger partial charge in [0.25, 0.3) is 11.8 Å². The van der Waals surface area contributed by atoms with Gasteiger partial charge in [-0.1, -0.05) is 154 Å². The van der Waals surface area contributed by atoms with Crippen molar-refractivity contribution in [3.8, 4) is 0 Å². The molecule has 14 fully saturated rings. The molecule has 0 aromatic heterocycles. The van der Waals surface area contributed by atoms with Gasteiger partial charge < -0.3 is 52.3 Å². The van der Waals surface area contributed by atoms with Crippen LogP contribution in [0.5, 0.6) is 0 Å². The van der Waals surface area contributed by atoms with Crippen LogP contribution in [0.25, 0.3) is 0 Å². The molecule has 4 heterocycles. The standard InChI is InChI=1S/C44H70N6O6.C43H68N6O6/c1-7-14-30(34(51)39(55)45-28-20-21-28)46-37(53)32-25-44(42(5,6)43(44)22-13-23-43)26-50(32)40(56)35(41(2,3)4)48-38(54)33(27-15-9-8-10-16-27)47-36(52)31-19-12-24-49(31)29-17-11-18-29;1-7-13-29(33(50)38(54)44-27-17-18-27)45-36(52)31-24-43(41(5,6)42(43)21-12-22-42)25-49(31)39(55)34(40(2,3)4)47-37(53)32(26-14-9-8-10-15-26)46-35(51)30-16-11-23-48(30)28-19-20-28/h27-33,35H,7-26H2,1-6H3,(H,45,55)(H,46,53)(H,47,52)(H,48,54);26-32,34H,7-25H2,1-6H3,(H,44,54)(H,45,52)(H,46,51)(H,47,53)/t30-,31+,32?,33-,35+,44+;29-,30+,31?,32-,34+,43+/m00/s1. The van der Waals surface area contributed by atoms with Crippen LogP contribution in [-0.4, -0.2) is 201 Å². The first-order valence-corrected chi connectivity index (χ1v) is 44.2. The van der Waals surface area contributed by atoms with Crippen LogP contribution in [0.15, 0.2) is 0 Å². The number of nitrogens with zero attached hydrogens (tertiary/aromatic N) is 4. The average Bonchev–Trinajstić information content (AvgIpc) is 1.46. The van der Waals surface area contributed by atoms with E-state index in [-0.39, 0.29) is 104 Å². The SMILES string of the molecule is CCC[C@H](NC(=O)C1C[C@@]2(CN1C(=O)[C@@H](NC(=O)[C@@H](NC(=O)[C@H]1CCCN1C1CC1)C1CCCCC1)C(C)(C)C)C(C)(C)C21CCC1)C(=O)C(=O)NC1CC1.CCC[C@H](NC(=O)C1C[C@@]2(CN1C(=O)[C@@H](NC(=O)[C@@H](NC(=O)[C@H]1CCCN1C1CCC1)C1CCCCC1)C(C)(C)C)C(C)(C)C21CCC1)C(=O)C(=O)NC1CC1. The van der Waals surface area contributed by atoms with Crippen LogP contribution in [0.4, 0.5) is 0 Å². The molecule has 24 heteroatoms. The predicted octanol–water partition coefficient (Wildman–Crippen LogP) is 8.67. The lowest BCUT2D eigenvalue weighted by molar-refractivity contribution is -0.145. The molecule has 2 unspecified atom stereocenters. The molecule has 12 atom stereocenters. The molecule has 4 saturated heterocycles. The van der Waals surface area contributed by atoms with Gasteiger partial charge in [0.1, 0.15) is 36.3 Å². The molecule has 4 spiro atoms. The van der Waals surface area contributed by atoms with E-state index in [0.29, 0.717) is 63.7 Å². The summed E-state index contributed by atoms with van der Waals surface area (Å²) < 4.78 is 0. The van der Waals surface area contributed by atoms with Gasteiger partial charge in [-0.05, 0) is 212 Å². The summed E-state index contributed by atoms with van der Waals surface area (Å²) in [5, 5.41) is 24.2. The van der Waals surface area contributed by atoms with Crippen molar-refractivity contribution in [2.75, 3.05) is 26.2 Å². The minimum absolute atomic E-state index is 0.0169. The summed E-state index contributed by atoms with van der Waals surface area (Å²) in [7, 11) is 0. The first kappa shape index (κ1) is 82.9. The molecule has 24 nitrogen and oxygen atoms in total. The largest absolute Gasteiger partial charge is 0.347 e. The van der Waals surface area contributed by atoms with E-state index in [1.54, 1.807) is 9.80 Å². The minimum atomic E-state index is -0.984. The lowest BCUT2D eigenvalue weighted by Gasteiger charge is -2.40. The second kappa shape index (κ2) is 32.2. The van der Waals surface area contributed by atoms with Crippen LogP contribution >= 0.6 is 0 Å². The molecule has 0 bridgehead atoms. The highest BCUT2D eigenvalue weighted by Crippen LogP contribution is 2.89. The third-order valence-electron chi connectivity index (χ3n) is 31.4. The van der Waals surface area contributed by atoms with Crippen molar-refractivity contribution in [3.05, 3.63) is 0 Å². The molecule has 10 amide bonds. The normalized spacial score (nSPS) is 30.2. The van der Waals surface area contributed by atoms with E-state index < -0.39 is 94.4 Å². The lowest BCUT2D eigenvalue weighted by Crippen LogP contribution is -2.63. The number of hydrogen-bond acceptors (Lipinski definition) is 14. The fourth-order valence-electron chi connectivity index (χ4n) is 23.5. The fourth-order valence-corrected chi connectivity index (χ4v) is 23.5. The van der Waals surface area contributed by atoms with Crippen molar-refractivity contribution in [2.45, 2.75) is 392 Å². The van der Waals surface area contributed by atoms with E-state index >= 15 is 9.59 Å². The van der Waals surface area contributed by atoms with Crippen LogP contribution in [0.1, 0.15) is 308 Å². The Labute approximate surface area is 660 Å². The monoisotopic (exact) mass is 1540 g/mol. The number of amides is 10. The zero-order chi connectivity index (χ0) is 79.7. The van der Waals surface area contributed by atoms with Gasteiger partial charge in [0.15, 0.2) is 0 Å². The van der Waals surface area contributed by atoms with E-state index in [4.69, 9.17) is 0 Å². The summed E-state index contributed by atoms with van der Waals surface area (Å²) in [6.45, 7) is 27.1. The highest BCUT2D eigenvalue weighted by Gasteiger charge is 2.86. The van der Waals surface area contributed by atoms with Crippen molar-refractivity contribution in [1.29, 1.82) is 0 Å². The number of carbonyl (C=O) groups excluding carboxylic acids is 12. The van der Waals surface area contributed by atoms with Crippen molar-refractivity contribution in [1.82, 2.24) is 62.1 Å². The molecule has 4 aliphatic heterocycles. The predicted molar refractivity (Wildman–Crippen MR) is 421 cm³/mol. The number of likely N-dealkylation sites (tertiary alicyclic amines) is 4. The van der Waals surface area contributed by atoms with Crippen LogP contribution in [-0.2, 0) is 57.5 Å². The summed E-state index contributed by atoms with van der Waals surface area (Å²) in [5.74, 6) is -4.99. The molecule has 14 rings (SSSR count). The Morgan fingerprint density at radius 1 is 0.378 bits per heavy atom. The molecule has 10 aliphatic carbocycles. The Kier molecular flexibility index (Phi) is 24.1. The molecular weight excluding hydrogens is 1410 g/mol. The number of carbonyl (C=O) groups is 12. The van der Waals surface area contributed by atoms with Crippen LogP contribution in [0, 0.1) is 55.2 Å². The van der Waals surface area contributed by atoms with Gasteiger partial charge in [0.2, 0.25) is 58.8 Å². The van der Waals surface area contributed by atoms with E-state index in [0.717, 1.165) is 193 Å². The molecule has 0 radical (unpaired) electrons. The number of ketones is 2. The fraction of sp³-hybridized carbons (Fsp3) is 0.862.